The van der Waals surface area contributed by atoms with E-state index in [1.807, 2.05) is 19.2 Å². The predicted octanol–water partition coefficient (Wildman–Crippen LogP) is 4.22. The van der Waals surface area contributed by atoms with Gasteiger partial charge in [0.05, 0.1) is 22.2 Å². The third-order valence-electron chi connectivity index (χ3n) is 9.02. The van der Waals surface area contributed by atoms with Crippen LogP contribution in [-0.4, -0.2) is 35.0 Å². The van der Waals surface area contributed by atoms with Gasteiger partial charge in [-0.3, -0.25) is 9.38 Å². The molecule has 0 spiro atoms. The van der Waals surface area contributed by atoms with Gasteiger partial charge in [0.25, 0.3) is 0 Å². The molecular weight excluding hydrogens is 402 g/mol. The van der Waals surface area contributed by atoms with E-state index in [-0.39, 0.29) is 21.7 Å². The van der Waals surface area contributed by atoms with Gasteiger partial charge in [0.2, 0.25) is 0 Å². The normalized spacial score (nSPS) is 19.0. The van der Waals surface area contributed by atoms with Crippen molar-refractivity contribution in [2.24, 2.45) is 5.41 Å². The lowest BCUT2D eigenvalue weighted by Crippen LogP contribution is -2.43. The Balaban J connectivity index is 2.03. The van der Waals surface area contributed by atoms with Crippen LogP contribution in [0, 0.1) is 12.3 Å². The first-order chi connectivity index (χ1) is 15.0. The van der Waals surface area contributed by atoms with Crippen molar-refractivity contribution in [1.82, 2.24) is 19.4 Å². The second kappa shape index (κ2) is 6.20. The summed E-state index contributed by atoms with van der Waals surface area (Å²) in [6, 6.07) is 2.00. The lowest BCUT2D eigenvalue weighted by atomic mass is 9.58. The molecule has 0 aliphatic heterocycles. The Morgan fingerprint density at radius 1 is 0.848 bits per heavy atom. The molecule has 0 saturated carbocycles. The molecule has 5 rings (SSSR count). The van der Waals surface area contributed by atoms with Crippen LogP contribution >= 0.6 is 0 Å². The van der Waals surface area contributed by atoms with Gasteiger partial charge in [0, 0.05) is 17.0 Å². The van der Waals surface area contributed by atoms with Crippen molar-refractivity contribution < 1.29 is 0 Å². The summed E-state index contributed by atoms with van der Waals surface area (Å²) in [6.07, 6.45) is 1.85. The van der Waals surface area contributed by atoms with E-state index in [1.54, 1.807) is 0 Å². The van der Waals surface area contributed by atoms with Gasteiger partial charge in [-0.05, 0) is 40.4 Å². The summed E-state index contributed by atoms with van der Waals surface area (Å²) >= 11 is 0. The molecule has 3 aromatic heterocycles. The van der Waals surface area contributed by atoms with Crippen LogP contribution in [0.2, 0.25) is 0 Å². The number of fused-ring (bicyclic) bond motifs is 6. The van der Waals surface area contributed by atoms with Gasteiger partial charge in [-0.2, -0.15) is 0 Å². The maximum atomic E-state index is 7.02. The molecule has 0 amide bonds. The van der Waals surface area contributed by atoms with E-state index >= 15 is 0 Å². The minimum atomic E-state index is -0.163. The van der Waals surface area contributed by atoms with Crippen LogP contribution in [-0.2, 0) is 16.2 Å². The third kappa shape index (κ3) is 2.48. The average molecular weight is 434 g/mol. The van der Waals surface area contributed by atoms with Crippen molar-refractivity contribution in [1.29, 1.82) is 0 Å². The quantitative estimate of drug-likeness (QED) is 0.390. The second-order valence-electron chi connectivity index (χ2n) is 12.4. The third-order valence-corrected chi connectivity index (χ3v) is 9.02. The molecule has 4 radical (unpaired) electrons. The Labute approximate surface area is 199 Å². The zero-order valence-electron chi connectivity index (χ0n) is 21.6. The number of imidazole rings is 1. The smallest absolute Gasteiger partial charge is 0.148 e. The fourth-order valence-corrected chi connectivity index (χ4v) is 6.07. The summed E-state index contributed by atoms with van der Waals surface area (Å²) < 4.78 is 2.09. The molecule has 4 nitrogen and oxygen atoms in total. The number of nitrogens with zero attached hydrogens (tertiary/aromatic N) is 4. The maximum Gasteiger partial charge on any atom is 0.148 e. The lowest BCUT2D eigenvalue weighted by molar-refractivity contribution is 0.125. The Morgan fingerprint density at radius 2 is 1.42 bits per heavy atom. The van der Waals surface area contributed by atoms with Crippen LogP contribution in [0.3, 0.4) is 0 Å². The van der Waals surface area contributed by atoms with E-state index < -0.39 is 0 Å². The highest BCUT2D eigenvalue weighted by atomic mass is 15.1. The second-order valence-corrected chi connectivity index (χ2v) is 12.4. The number of rotatable bonds is 0. The van der Waals surface area contributed by atoms with E-state index in [9.17, 15) is 0 Å². The highest BCUT2D eigenvalue weighted by Crippen LogP contribution is 2.60. The van der Waals surface area contributed by atoms with Crippen LogP contribution in [0.15, 0.2) is 12.3 Å². The van der Waals surface area contributed by atoms with Crippen LogP contribution in [0.4, 0.5) is 0 Å². The zero-order valence-corrected chi connectivity index (χ0v) is 21.6. The molecule has 1 aromatic carbocycles. The van der Waals surface area contributed by atoms with Gasteiger partial charge >= 0.3 is 0 Å². The van der Waals surface area contributed by atoms with Gasteiger partial charge < -0.3 is 0 Å². The minimum absolute atomic E-state index is 0.0445. The fraction of sp³-hybridized carbons (Fsp3) is 0.519. The Hall–Kier alpha value is -2.36. The summed E-state index contributed by atoms with van der Waals surface area (Å²) in [4.78, 5) is 14.8. The molecule has 6 heteroatoms. The monoisotopic (exact) mass is 434 g/mol. The van der Waals surface area contributed by atoms with Crippen molar-refractivity contribution in [2.45, 2.75) is 85.5 Å². The van der Waals surface area contributed by atoms with E-state index in [1.165, 1.54) is 0 Å². The number of benzene rings is 1. The molecule has 0 unspecified atom stereocenters. The Bertz CT molecular complexity index is 1500. The topological polar surface area (TPSA) is 43.1 Å². The van der Waals surface area contributed by atoms with Crippen LogP contribution in [0.25, 0.3) is 27.6 Å². The molecule has 0 N–H and O–H groups in total. The molecule has 3 heterocycles. The number of hydrogen-bond acceptors (Lipinski definition) is 3. The lowest BCUT2D eigenvalue weighted by Gasteiger charge is -2.45. The van der Waals surface area contributed by atoms with Gasteiger partial charge in [-0.25, -0.2) is 9.97 Å². The summed E-state index contributed by atoms with van der Waals surface area (Å²) in [5.41, 5.74) is 7.59. The van der Waals surface area contributed by atoms with Gasteiger partial charge in [-0.15, -0.1) is 0 Å². The number of hydrogen-bond donors (Lipinski definition) is 0. The van der Waals surface area contributed by atoms with Crippen molar-refractivity contribution in [3.8, 4) is 0 Å². The highest BCUT2D eigenvalue weighted by Gasteiger charge is 2.58. The van der Waals surface area contributed by atoms with E-state index in [4.69, 9.17) is 25.7 Å². The zero-order chi connectivity index (χ0) is 24.5. The molecule has 0 saturated heterocycles. The average Bonchev–Trinajstić information content (AvgIpc) is 3.15. The number of pyridine rings is 1. The highest BCUT2D eigenvalue weighted by molar-refractivity contribution is 6.46. The van der Waals surface area contributed by atoms with E-state index in [0.717, 1.165) is 61.2 Å². The van der Waals surface area contributed by atoms with Gasteiger partial charge in [0.1, 0.15) is 27.2 Å². The SMILES string of the molecule is [B]c1c2c(c([B])c3c1nc1c4ccnc(C(C)(C)C)c4nc(C)n13)C(C)(C)C(C)(C)C2(C)C. The van der Waals surface area contributed by atoms with E-state index in [2.05, 4.69) is 71.7 Å². The largest absolute Gasteiger partial charge is 0.281 e. The summed E-state index contributed by atoms with van der Waals surface area (Å²) in [6.45, 7) is 22.2. The molecule has 33 heavy (non-hydrogen) atoms. The Kier molecular flexibility index (Phi) is 4.21. The summed E-state index contributed by atoms with van der Waals surface area (Å²) in [7, 11) is 14.0. The molecule has 166 valence electrons. The standard InChI is InChI=1S/C27H32B2N4/c1-13-31-19-14(11-12-30-22(19)24(2,3)4)23-32-20-17(28)15-16(18(29)21(20)33(13)23)26(7,8)27(9,10)25(15,5)6/h11-12H,1-10H3. The maximum absolute atomic E-state index is 7.02. The Morgan fingerprint density at radius 3 is 2.00 bits per heavy atom. The van der Waals surface area contributed by atoms with Gasteiger partial charge in [0.15, 0.2) is 0 Å². The molecule has 1 aliphatic rings. The molecule has 0 bridgehead atoms. The van der Waals surface area contributed by atoms with Crippen molar-refractivity contribution in [3.63, 3.8) is 0 Å². The van der Waals surface area contributed by atoms with Crippen LogP contribution < -0.4 is 10.9 Å². The molecular formula is C27H32B2N4. The van der Waals surface area contributed by atoms with Gasteiger partial charge in [-0.1, -0.05) is 73.2 Å². The van der Waals surface area contributed by atoms with E-state index in [0.29, 0.717) is 0 Å². The first-order valence-corrected chi connectivity index (χ1v) is 11.7. The van der Waals surface area contributed by atoms with Crippen molar-refractivity contribution in [3.05, 3.63) is 34.9 Å². The van der Waals surface area contributed by atoms with Crippen molar-refractivity contribution in [2.75, 3.05) is 0 Å². The summed E-state index contributed by atoms with van der Waals surface area (Å²) in [5, 5.41) is 0.967. The fourth-order valence-electron chi connectivity index (χ4n) is 6.07. The number of aromatic nitrogens is 4. The number of aryl methyl sites for hydroxylation is 1. The molecule has 0 fully saturated rings. The van der Waals surface area contributed by atoms with Crippen LogP contribution in [0.5, 0.6) is 0 Å². The molecule has 0 atom stereocenters. The summed E-state index contributed by atoms with van der Waals surface area (Å²) in [5.74, 6) is 0.832. The van der Waals surface area contributed by atoms with Crippen LogP contribution in [0.1, 0.15) is 85.0 Å². The van der Waals surface area contributed by atoms with Crippen molar-refractivity contribution >= 4 is 54.2 Å². The first kappa shape index (κ1) is 22.4. The predicted molar refractivity (Wildman–Crippen MR) is 140 cm³/mol. The molecule has 4 aromatic rings. The first-order valence-electron chi connectivity index (χ1n) is 11.7. The minimum Gasteiger partial charge on any atom is -0.281 e. The molecule has 1 aliphatic carbocycles.